The highest BCUT2D eigenvalue weighted by Gasteiger charge is 2.03. The fraction of sp³-hybridized carbons (Fsp3) is 0.278. The Hall–Kier alpha value is -2.69. The molecule has 0 spiro atoms. The molecule has 0 unspecified atom stereocenters. The summed E-state index contributed by atoms with van der Waals surface area (Å²) in [5.74, 6) is 1.42. The number of benzene rings is 2. The fourth-order valence-electron chi connectivity index (χ4n) is 1.98. The van der Waals surface area contributed by atoms with Crippen molar-refractivity contribution in [3.05, 3.63) is 48.5 Å². The maximum absolute atomic E-state index is 12.0. The van der Waals surface area contributed by atoms with E-state index in [4.69, 9.17) is 9.47 Å². The van der Waals surface area contributed by atoms with Crippen LogP contribution in [0.3, 0.4) is 0 Å². The molecule has 0 bridgehead atoms. The number of amides is 1. The molecule has 0 radical (unpaired) electrons. The molecular formula is C18H22N2O3. The number of hydrogen-bond donors (Lipinski definition) is 2. The molecule has 0 atom stereocenters. The van der Waals surface area contributed by atoms with Crippen molar-refractivity contribution in [2.75, 3.05) is 30.9 Å². The monoisotopic (exact) mass is 314 g/mol. The van der Waals surface area contributed by atoms with Gasteiger partial charge in [-0.05, 0) is 42.8 Å². The van der Waals surface area contributed by atoms with E-state index in [0.29, 0.717) is 18.0 Å². The third kappa shape index (κ3) is 5.54. The molecule has 0 aromatic heterocycles. The van der Waals surface area contributed by atoms with Crippen molar-refractivity contribution in [1.29, 1.82) is 0 Å². The minimum Gasteiger partial charge on any atom is -0.497 e. The van der Waals surface area contributed by atoms with E-state index in [9.17, 15) is 4.79 Å². The Morgan fingerprint density at radius 2 is 1.83 bits per heavy atom. The van der Waals surface area contributed by atoms with Gasteiger partial charge in [-0.3, -0.25) is 4.79 Å². The molecule has 0 aliphatic rings. The molecular weight excluding hydrogens is 292 g/mol. The first-order valence-corrected chi connectivity index (χ1v) is 7.62. The molecule has 0 saturated heterocycles. The molecule has 0 saturated carbocycles. The summed E-state index contributed by atoms with van der Waals surface area (Å²) in [5, 5.41) is 5.90. The second kappa shape index (κ2) is 8.68. The Labute approximate surface area is 136 Å². The minimum atomic E-state index is -0.121. The first-order chi connectivity index (χ1) is 11.2. The third-order valence-corrected chi connectivity index (χ3v) is 3.13. The van der Waals surface area contributed by atoms with Crippen LogP contribution in [0.1, 0.15) is 13.3 Å². The van der Waals surface area contributed by atoms with Crippen molar-refractivity contribution in [3.8, 4) is 11.5 Å². The Balaban J connectivity index is 1.81. The molecule has 23 heavy (non-hydrogen) atoms. The van der Waals surface area contributed by atoms with Gasteiger partial charge in [0.2, 0.25) is 5.91 Å². The number of rotatable bonds is 8. The van der Waals surface area contributed by atoms with Crippen LogP contribution >= 0.6 is 0 Å². The van der Waals surface area contributed by atoms with Gasteiger partial charge in [0.05, 0.1) is 20.3 Å². The van der Waals surface area contributed by atoms with Crippen LogP contribution in [0.15, 0.2) is 48.5 Å². The van der Waals surface area contributed by atoms with E-state index in [1.165, 1.54) is 0 Å². The number of hydrogen-bond acceptors (Lipinski definition) is 4. The van der Waals surface area contributed by atoms with E-state index >= 15 is 0 Å². The summed E-state index contributed by atoms with van der Waals surface area (Å²) in [4.78, 5) is 12.0. The lowest BCUT2D eigenvalue weighted by atomic mass is 10.3. The van der Waals surface area contributed by atoms with E-state index < -0.39 is 0 Å². The van der Waals surface area contributed by atoms with Crippen LogP contribution in [0.25, 0.3) is 0 Å². The van der Waals surface area contributed by atoms with Crippen LogP contribution in [0.4, 0.5) is 11.4 Å². The van der Waals surface area contributed by atoms with Crippen molar-refractivity contribution in [2.45, 2.75) is 13.3 Å². The zero-order chi connectivity index (χ0) is 16.5. The minimum absolute atomic E-state index is 0.121. The number of nitrogens with one attached hydrogen (secondary N) is 2. The highest BCUT2D eigenvalue weighted by molar-refractivity contribution is 5.93. The Bertz CT molecular complexity index is 626. The molecule has 2 rings (SSSR count). The van der Waals surface area contributed by atoms with Crippen LogP contribution in [-0.2, 0) is 4.79 Å². The Morgan fingerprint density at radius 1 is 1.04 bits per heavy atom. The van der Waals surface area contributed by atoms with Crippen molar-refractivity contribution in [1.82, 2.24) is 0 Å². The summed E-state index contributed by atoms with van der Waals surface area (Å²) < 4.78 is 10.6. The quantitative estimate of drug-likeness (QED) is 0.782. The lowest BCUT2D eigenvalue weighted by Gasteiger charge is -2.10. The first-order valence-electron chi connectivity index (χ1n) is 7.62. The van der Waals surface area contributed by atoms with Crippen molar-refractivity contribution < 1.29 is 14.3 Å². The molecule has 2 aromatic carbocycles. The standard InChI is InChI=1S/C18H22N2O3/c1-3-11-23-16-9-7-14(8-10-16)19-13-18(21)20-15-5-4-6-17(12-15)22-2/h4-10,12,19H,3,11,13H2,1-2H3,(H,20,21). The third-order valence-electron chi connectivity index (χ3n) is 3.13. The molecule has 1 amide bonds. The number of methoxy groups -OCH3 is 1. The highest BCUT2D eigenvalue weighted by Crippen LogP contribution is 2.17. The molecule has 0 aliphatic heterocycles. The van der Waals surface area contributed by atoms with Gasteiger partial charge in [0.15, 0.2) is 0 Å². The van der Waals surface area contributed by atoms with Crippen LogP contribution in [0, 0.1) is 0 Å². The predicted octanol–water partition coefficient (Wildman–Crippen LogP) is 3.53. The van der Waals surface area contributed by atoms with E-state index in [0.717, 1.165) is 17.9 Å². The molecule has 0 aliphatic carbocycles. The Morgan fingerprint density at radius 3 is 2.52 bits per heavy atom. The second-order valence-electron chi connectivity index (χ2n) is 5.01. The lowest BCUT2D eigenvalue weighted by Crippen LogP contribution is -2.21. The molecule has 2 aromatic rings. The molecule has 122 valence electrons. The van der Waals surface area contributed by atoms with Gasteiger partial charge in [-0.25, -0.2) is 0 Å². The van der Waals surface area contributed by atoms with Gasteiger partial charge in [-0.2, -0.15) is 0 Å². The van der Waals surface area contributed by atoms with Gasteiger partial charge in [0, 0.05) is 17.4 Å². The number of ether oxygens (including phenoxy) is 2. The normalized spacial score (nSPS) is 10.0. The summed E-state index contributed by atoms with van der Waals surface area (Å²) in [5.41, 5.74) is 1.58. The smallest absolute Gasteiger partial charge is 0.243 e. The number of anilines is 2. The van der Waals surface area contributed by atoms with Crippen molar-refractivity contribution in [3.63, 3.8) is 0 Å². The predicted molar refractivity (Wildman–Crippen MR) is 92.3 cm³/mol. The molecule has 2 N–H and O–H groups in total. The summed E-state index contributed by atoms with van der Waals surface area (Å²) in [6.07, 6.45) is 0.977. The lowest BCUT2D eigenvalue weighted by molar-refractivity contribution is -0.114. The average molecular weight is 314 g/mol. The summed E-state index contributed by atoms with van der Waals surface area (Å²) in [6, 6.07) is 14.8. The summed E-state index contributed by atoms with van der Waals surface area (Å²) in [6.45, 7) is 2.96. The summed E-state index contributed by atoms with van der Waals surface area (Å²) >= 11 is 0. The van der Waals surface area contributed by atoms with E-state index in [1.54, 1.807) is 13.2 Å². The maximum atomic E-state index is 12.0. The zero-order valence-electron chi connectivity index (χ0n) is 13.5. The topological polar surface area (TPSA) is 59.6 Å². The molecule has 5 nitrogen and oxygen atoms in total. The Kier molecular flexibility index (Phi) is 6.29. The van der Waals surface area contributed by atoms with Gasteiger partial charge < -0.3 is 20.1 Å². The van der Waals surface area contributed by atoms with Gasteiger partial charge in [-0.1, -0.05) is 13.0 Å². The second-order valence-corrected chi connectivity index (χ2v) is 5.01. The first kappa shape index (κ1) is 16.7. The fourth-order valence-corrected chi connectivity index (χ4v) is 1.98. The highest BCUT2D eigenvalue weighted by atomic mass is 16.5. The maximum Gasteiger partial charge on any atom is 0.243 e. The largest absolute Gasteiger partial charge is 0.497 e. The van der Waals surface area contributed by atoms with Gasteiger partial charge >= 0.3 is 0 Å². The van der Waals surface area contributed by atoms with Crippen LogP contribution in [0.5, 0.6) is 11.5 Å². The van der Waals surface area contributed by atoms with Crippen LogP contribution < -0.4 is 20.1 Å². The van der Waals surface area contributed by atoms with Crippen molar-refractivity contribution >= 4 is 17.3 Å². The molecule has 0 heterocycles. The zero-order valence-corrected chi connectivity index (χ0v) is 13.5. The van der Waals surface area contributed by atoms with E-state index in [1.807, 2.05) is 42.5 Å². The SMILES string of the molecule is CCCOc1ccc(NCC(=O)Nc2cccc(OC)c2)cc1. The van der Waals surface area contributed by atoms with Crippen LogP contribution in [-0.4, -0.2) is 26.2 Å². The average Bonchev–Trinajstić information content (AvgIpc) is 2.59. The van der Waals surface area contributed by atoms with Gasteiger partial charge in [0.25, 0.3) is 0 Å². The van der Waals surface area contributed by atoms with E-state index in [2.05, 4.69) is 17.6 Å². The molecule has 0 fully saturated rings. The van der Waals surface area contributed by atoms with Gasteiger partial charge in [0.1, 0.15) is 11.5 Å². The van der Waals surface area contributed by atoms with Crippen LogP contribution in [0.2, 0.25) is 0 Å². The van der Waals surface area contributed by atoms with Gasteiger partial charge in [-0.15, -0.1) is 0 Å². The number of carbonyl (C=O) groups excluding carboxylic acids is 1. The van der Waals surface area contributed by atoms with E-state index in [-0.39, 0.29) is 12.5 Å². The summed E-state index contributed by atoms with van der Waals surface area (Å²) in [7, 11) is 1.59. The number of carbonyl (C=O) groups is 1. The molecule has 5 heteroatoms. The van der Waals surface area contributed by atoms with Crippen molar-refractivity contribution in [2.24, 2.45) is 0 Å².